The Bertz CT molecular complexity index is 1010. The molecule has 0 radical (unpaired) electrons. The van der Waals surface area contributed by atoms with Crippen molar-refractivity contribution in [3.05, 3.63) is 53.6 Å². The van der Waals surface area contributed by atoms with Crippen LogP contribution < -0.4 is 11.5 Å². The molecule has 4 rings (SSSR count). The van der Waals surface area contributed by atoms with Crippen LogP contribution in [0.15, 0.2) is 42.5 Å². The first kappa shape index (κ1) is 17.3. The zero-order valence-electron chi connectivity index (χ0n) is 15.2. The highest BCUT2D eigenvalue weighted by Crippen LogP contribution is 2.36. The number of fused-ring (bicyclic) bond motifs is 1. The van der Waals surface area contributed by atoms with Crippen molar-refractivity contribution in [2.24, 2.45) is 11.5 Å². The van der Waals surface area contributed by atoms with Crippen LogP contribution in [0.3, 0.4) is 0 Å². The predicted octanol–water partition coefficient (Wildman–Crippen LogP) is 3.78. The zero-order valence-corrected chi connectivity index (χ0v) is 15.2. The van der Waals surface area contributed by atoms with Crippen molar-refractivity contribution in [1.29, 1.82) is 10.8 Å². The topological polar surface area (TPSA) is 118 Å². The van der Waals surface area contributed by atoms with E-state index in [1.54, 1.807) is 0 Å². The monoisotopic (exact) mass is 360 g/mol. The Morgan fingerprint density at radius 3 is 2.15 bits per heavy atom. The molecule has 1 aliphatic rings. The van der Waals surface area contributed by atoms with Gasteiger partial charge in [0.2, 0.25) is 0 Å². The molecule has 1 heterocycles. The predicted molar refractivity (Wildman–Crippen MR) is 109 cm³/mol. The van der Waals surface area contributed by atoms with Gasteiger partial charge in [-0.3, -0.25) is 10.8 Å². The number of nitrogens with one attached hydrogen (secondary N) is 2. The Kier molecular flexibility index (Phi) is 4.39. The smallest absolute Gasteiger partial charge is 0.141 e. The Hall–Kier alpha value is -3.15. The lowest BCUT2D eigenvalue weighted by Gasteiger charge is -2.25. The van der Waals surface area contributed by atoms with Crippen LogP contribution in [-0.4, -0.2) is 21.2 Å². The fourth-order valence-corrected chi connectivity index (χ4v) is 3.98. The molecule has 1 saturated carbocycles. The molecule has 27 heavy (non-hydrogen) atoms. The standard InChI is InChI=1S/C21H24N6/c22-19(23)13-6-8-14(9-7-13)21-26-17-12-15(20(24)25)10-11-18(17)27(21)16-4-2-1-3-5-16/h6-12,16H,1-5H2,(H3,22,23)(H3,24,25). The average molecular weight is 360 g/mol. The molecule has 0 saturated heterocycles. The van der Waals surface area contributed by atoms with Gasteiger partial charge in [0.05, 0.1) is 11.0 Å². The Labute approximate surface area is 158 Å². The van der Waals surface area contributed by atoms with Crippen molar-refractivity contribution in [2.75, 3.05) is 0 Å². The largest absolute Gasteiger partial charge is 0.384 e. The van der Waals surface area contributed by atoms with Gasteiger partial charge in [-0.15, -0.1) is 0 Å². The van der Waals surface area contributed by atoms with E-state index in [-0.39, 0.29) is 11.7 Å². The summed E-state index contributed by atoms with van der Waals surface area (Å²) in [6.07, 6.45) is 6.06. The summed E-state index contributed by atoms with van der Waals surface area (Å²) in [5, 5.41) is 15.3. The van der Waals surface area contributed by atoms with Crippen LogP contribution in [0.1, 0.15) is 49.3 Å². The second-order valence-electron chi connectivity index (χ2n) is 7.21. The van der Waals surface area contributed by atoms with Crippen LogP contribution >= 0.6 is 0 Å². The lowest BCUT2D eigenvalue weighted by molar-refractivity contribution is 0.362. The molecular weight excluding hydrogens is 336 g/mol. The lowest BCUT2D eigenvalue weighted by Crippen LogP contribution is -2.14. The molecule has 3 aromatic rings. The van der Waals surface area contributed by atoms with Crippen LogP contribution in [0.2, 0.25) is 0 Å². The lowest BCUT2D eigenvalue weighted by atomic mass is 9.94. The molecule has 0 bridgehead atoms. The van der Waals surface area contributed by atoms with E-state index in [1.165, 1.54) is 19.3 Å². The number of hydrogen-bond donors (Lipinski definition) is 4. The van der Waals surface area contributed by atoms with E-state index < -0.39 is 0 Å². The van der Waals surface area contributed by atoms with E-state index in [9.17, 15) is 0 Å². The molecular formula is C21H24N6. The molecule has 1 fully saturated rings. The number of aromatic nitrogens is 2. The van der Waals surface area contributed by atoms with Gasteiger partial charge in [-0.2, -0.15) is 0 Å². The number of amidine groups is 2. The van der Waals surface area contributed by atoms with Gasteiger partial charge in [-0.25, -0.2) is 4.98 Å². The van der Waals surface area contributed by atoms with E-state index in [1.807, 2.05) is 42.5 Å². The highest BCUT2D eigenvalue weighted by molar-refractivity contribution is 5.98. The molecule has 138 valence electrons. The summed E-state index contributed by atoms with van der Waals surface area (Å²) in [6.45, 7) is 0. The molecule has 6 heteroatoms. The summed E-state index contributed by atoms with van der Waals surface area (Å²) in [7, 11) is 0. The molecule has 0 atom stereocenters. The van der Waals surface area contributed by atoms with Crippen LogP contribution in [-0.2, 0) is 0 Å². The first-order valence-electron chi connectivity index (χ1n) is 9.36. The van der Waals surface area contributed by atoms with Crippen molar-refractivity contribution in [1.82, 2.24) is 9.55 Å². The third-order valence-corrected chi connectivity index (χ3v) is 5.39. The quantitative estimate of drug-likeness (QED) is 0.419. The number of nitrogens with two attached hydrogens (primary N) is 2. The Balaban J connectivity index is 1.88. The van der Waals surface area contributed by atoms with Gasteiger partial charge in [-0.1, -0.05) is 43.5 Å². The van der Waals surface area contributed by atoms with Crippen molar-refractivity contribution in [3.63, 3.8) is 0 Å². The van der Waals surface area contributed by atoms with Crippen molar-refractivity contribution < 1.29 is 0 Å². The van der Waals surface area contributed by atoms with Crippen LogP contribution in [0.5, 0.6) is 0 Å². The molecule has 6 nitrogen and oxygen atoms in total. The molecule has 0 amide bonds. The van der Waals surface area contributed by atoms with E-state index in [4.69, 9.17) is 27.3 Å². The molecule has 0 unspecified atom stereocenters. The molecule has 2 aromatic carbocycles. The first-order chi connectivity index (χ1) is 13.0. The minimum atomic E-state index is 0.0523. The van der Waals surface area contributed by atoms with Gasteiger partial charge in [0.1, 0.15) is 17.5 Å². The number of hydrogen-bond acceptors (Lipinski definition) is 3. The van der Waals surface area contributed by atoms with Gasteiger partial charge < -0.3 is 16.0 Å². The van der Waals surface area contributed by atoms with Gasteiger partial charge in [0, 0.05) is 22.7 Å². The molecule has 1 aromatic heterocycles. The Morgan fingerprint density at radius 2 is 1.52 bits per heavy atom. The normalized spacial score (nSPS) is 15.1. The van der Waals surface area contributed by atoms with Gasteiger partial charge in [0.25, 0.3) is 0 Å². The van der Waals surface area contributed by atoms with E-state index in [0.29, 0.717) is 17.2 Å². The fourth-order valence-electron chi connectivity index (χ4n) is 3.98. The van der Waals surface area contributed by atoms with E-state index in [0.717, 1.165) is 35.3 Å². The van der Waals surface area contributed by atoms with Crippen LogP contribution in [0.4, 0.5) is 0 Å². The SMILES string of the molecule is N=C(N)c1ccc(-c2nc3cc(C(=N)N)ccc3n2C2CCCCC2)cc1. The van der Waals surface area contributed by atoms with Crippen LogP contribution in [0.25, 0.3) is 22.4 Å². The maximum absolute atomic E-state index is 7.71. The van der Waals surface area contributed by atoms with Gasteiger partial charge in [0.15, 0.2) is 0 Å². The second-order valence-corrected chi connectivity index (χ2v) is 7.21. The number of imidazole rings is 1. The van der Waals surface area contributed by atoms with Gasteiger partial charge >= 0.3 is 0 Å². The highest BCUT2D eigenvalue weighted by atomic mass is 15.1. The molecule has 6 N–H and O–H groups in total. The van der Waals surface area contributed by atoms with E-state index in [2.05, 4.69) is 4.57 Å². The third kappa shape index (κ3) is 3.18. The fraction of sp³-hybridized carbons (Fsp3) is 0.286. The summed E-state index contributed by atoms with van der Waals surface area (Å²) in [4.78, 5) is 4.90. The van der Waals surface area contributed by atoms with Crippen molar-refractivity contribution in [3.8, 4) is 11.4 Å². The van der Waals surface area contributed by atoms with Crippen LogP contribution in [0, 0.1) is 10.8 Å². The highest BCUT2D eigenvalue weighted by Gasteiger charge is 2.22. The van der Waals surface area contributed by atoms with Crippen molar-refractivity contribution in [2.45, 2.75) is 38.1 Å². The van der Waals surface area contributed by atoms with Gasteiger partial charge in [-0.05, 0) is 31.0 Å². The molecule has 0 spiro atoms. The minimum absolute atomic E-state index is 0.0523. The average Bonchev–Trinajstić information content (AvgIpc) is 3.07. The number of nitrogen functional groups attached to an aromatic ring is 2. The molecule has 1 aliphatic carbocycles. The Morgan fingerprint density at radius 1 is 0.889 bits per heavy atom. The number of rotatable bonds is 4. The number of nitrogens with zero attached hydrogens (tertiary/aromatic N) is 2. The maximum atomic E-state index is 7.71. The summed E-state index contributed by atoms with van der Waals surface area (Å²) in [5.74, 6) is 1.04. The summed E-state index contributed by atoms with van der Waals surface area (Å²) < 4.78 is 2.35. The summed E-state index contributed by atoms with van der Waals surface area (Å²) in [5.41, 5.74) is 15.6. The third-order valence-electron chi connectivity index (χ3n) is 5.39. The zero-order chi connectivity index (χ0) is 19.0. The minimum Gasteiger partial charge on any atom is -0.384 e. The summed E-state index contributed by atoms with van der Waals surface area (Å²) >= 11 is 0. The van der Waals surface area contributed by atoms with Crippen molar-refractivity contribution >= 4 is 22.7 Å². The van der Waals surface area contributed by atoms with E-state index >= 15 is 0 Å². The summed E-state index contributed by atoms with van der Waals surface area (Å²) in [6, 6.07) is 13.9. The first-order valence-corrected chi connectivity index (χ1v) is 9.36. The second kappa shape index (κ2) is 6.87. The molecule has 0 aliphatic heterocycles. The maximum Gasteiger partial charge on any atom is 0.141 e. The number of benzene rings is 2.